The summed E-state index contributed by atoms with van der Waals surface area (Å²) in [6, 6.07) is 0. The second-order valence-electron chi connectivity index (χ2n) is 3.06. The van der Waals surface area contributed by atoms with Crippen molar-refractivity contribution in [2.45, 2.75) is 33.1 Å². The summed E-state index contributed by atoms with van der Waals surface area (Å²) in [6.07, 6.45) is 4.70. The van der Waals surface area contributed by atoms with Gasteiger partial charge in [0.25, 0.3) is 0 Å². The molecule has 2 nitrogen and oxygen atoms in total. The molecule has 70 valence electrons. The first kappa shape index (κ1) is 11.2. The van der Waals surface area contributed by atoms with Crippen LogP contribution in [0.3, 0.4) is 0 Å². The summed E-state index contributed by atoms with van der Waals surface area (Å²) in [4.78, 5) is 11.3. The monoisotopic (exact) mass is 169 g/mol. The molecule has 0 aliphatic heterocycles. The minimum Gasteiger partial charge on any atom is -0.356 e. The molecule has 1 N–H and O–H groups in total. The second-order valence-corrected chi connectivity index (χ2v) is 3.06. The largest absolute Gasteiger partial charge is 0.356 e. The Bertz CT molecular complexity index is 143. The molecule has 0 bridgehead atoms. The zero-order valence-electron chi connectivity index (χ0n) is 8.10. The predicted molar refractivity (Wildman–Crippen MR) is 51.9 cm³/mol. The van der Waals surface area contributed by atoms with Crippen LogP contribution in [0.2, 0.25) is 0 Å². The van der Waals surface area contributed by atoms with Crippen molar-refractivity contribution in [2.24, 2.45) is 5.92 Å². The lowest BCUT2D eigenvalue weighted by Gasteiger charge is -2.09. The highest BCUT2D eigenvalue weighted by Gasteiger charge is 2.09. The molecular formula is C10H19NO. The Morgan fingerprint density at radius 3 is 2.83 bits per heavy atom. The SMILES string of the molecule is C=CCCNC(=O)C(C)CCC. The maximum Gasteiger partial charge on any atom is 0.222 e. The average molecular weight is 169 g/mol. The summed E-state index contributed by atoms with van der Waals surface area (Å²) in [5.74, 6) is 0.318. The Morgan fingerprint density at radius 2 is 2.33 bits per heavy atom. The van der Waals surface area contributed by atoms with Crippen LogP contribution in [0.4, 0.5) is 0 Å². The molecule has 12 heavy (non-hydrogen) atoms. The number of amides is 1. The third-order valence-electron chi connectivity index (χ3n) is 1.82. The van der Waals surface area contributed by atoms with Crippen molar-refractivity contribution in [1.82, 2.24) is 5.32 Å². The van der Waals surface area contributed by atoms with E-state index in [-0.39, 0.29) is 11.8 Å². The highest BCUT2D eigenvalue weighted by molar-refractivity contribution is 5.78. The summed E-state index contributed by atoms with van der Waals surface area (Å²) in [6.45, 7) is 8.36. The van der Waals surface area contributed by atoms with Crippen molar-refractivity contribution in [1.29, 1.82) is 0 Å². The molecule has 0 saturated carbocycles. The molecule has 2 heteroatoms. The van der Waals surface area contributed by atoms with E-state index in [1.54, 1.807) is 0 Å². The van der Waals surface area contributed by atoms with Crippen molar-refractivity contribution >= 4 is 5.91 Å². The zero-order chi connectivity index (χ0) is 9.40. The lowest BCUT2D eigenvalue weighted by Crippen LogP contribution is -2.29. The van der Waals surface area contributed by atoms with Crippen LogP contribution in [0, 0.1) is 5.92 Å². The van der Waals surface area contributed by atoms with Gasteiger partial charge < -0.3 is 5.32 Å². The van der Waals surface area contributed by atoms with Crippen molar-refractivity contribution in [2.75, 3.05) is 6.54 Å². The van der Waals surface area contributed by atoms with Gasteiger partial charge in [0.05, 0.1) is 0 Å². The first-order valence-corrected chi connectivity index (χ1v) is 4.61. The van der Waals surface area contributed by atoms with Gasteiger partial charge in [-0.05, 0) is 12.8 Å². The number of carbonyl (C=O) groups is 1. The molecule has 1 amide bonds. The van der Waals surface area contributed by atoms with Gasteiger partial charge >= 0.3 is 0 Å². The first-order valence-electron chi connectivity index (χ1n) is 4.61. The predicted octanol–water partition coefficient (Wildman–Crippen LogP) is 2.11. The van der Waals surface area contributed by atoms with E-state index in [1.165, 1.54) is 0 Å². The van der Waals surface area contributed by atoms with E-state index in [2.05, 4.69) is 18.8 Å². The summed E-state index contributed by atoms with van der Waals surface area (Å²) in [5.41, 5.74) is 0. The molecule has 0 saturated heterocycles. The van der Waals surface area contributed by atoms with Crippen LogP contribution in [0.15, 0.2) is 12.7 Å². The maximum atomic E-state index is 11.3. The van der Waals surface area contributed by atoms with Crippen molar-refractivity contribution in [3.8, 4) is 0 Å². The lowest BCUT2D eigenvalue weighted by atomic mass is 10.1. The van der Waals surface area contributed by atoms with E-state index in [1.807, 2.05) is 13.0 Å². The fourth-order valence-electron chi connectivity index (χ4n) is 1.04. The molecule has 0 aromatic rings. The quantitative estimate of drug-likeness (QED) is 0.479. The van der Waals surface area contributed by atoms with Gasteiger partial charge in [-0.3, -0.25) is 4.79 Å². The molecule has 1 atom stereocenters. The zero-order valence-corrected chi connectivity index (χ0v) is 8.10. The van der Waals surface area contributed by atoms with Gasteiger partial charge in [0, 0.05) is 12.5 Å². The highest BCUT2D eigenvalue weighted by atomic mass is 16.1. The van der Waals surface area contributed by atoms with E-state index >= 15 is 0 Å². The van der Waals surface area contributed by atoms with Crippen LogP contribution < -0.4 is 5.32 Å². The minimum absolute atomic E-state index is 0.153. The van der Waals surface area contributed by atoms with Crippen LogP contribution in [-0.4, -0.2) is 12.5 Å². The smallest absolute Gasteiger partial charge is 0.222 e. The van der Waals surface area contributed by atoms with Gasteiger partial charge in [0.2, 0.25) is 5.91 Å². The third kappa shape index (κ3) is 4.94. The standard InChI is InChI=1S/C10H19NO/c1-4-6-8-11-10(12)9(3)7-5-2/h4,9H,1,5-8H2,2-3H3,(H,11,12). The molecular weight excluding hydrogens is 150 g/mol. The number of rotatable bonds is 6. The Kier molecular flexibility index (Phi) is 6.44. The minimum atomic E-state index is 0.153. The van der Waals surface area contributed by atoms with Gasteiger partial charge in [-0.15, -0.1) is 6.58 Å². The lowest BCUT2D eigenvalue weighted by molar-refractivity contribution is -0.124. The number of carbonyl (C=O) groups excluding carboxylic acids is 1. The Morgan fingerprint density at radius 1 is 1.67 bits per heavy atom. The van der Waals surface area contributed by atoms with Crippen LogP contribution >= 0.6 is 0 Å². The summed E-state index contributed by atoms with van der Waals surface area (Å²) in [7, 11) is 0. The molecule has 0 fully saturated rings. The molecule has 0 aliphatic rings. The molecule has 0 radical (unpaired) electrons. The Balaban J connectivity index is 3.49. The molecule has 1 unspecified atom stereocenters. The summed E-state index contributed by atoms with van der Waals surface area (Å²) >= 11 is 0. The Labute approximate surface area is 75.0 Å². The number of hydrogen-bond donors (Lipinski definition) is 1. The van der Waals surface area contributed by atoms with Crippen LogP contribution in [0.1, 0.15) is 33.1 Å². The third-order valence-corrected chi connectivity index (χ3v) is 1.82. The number of hydrogen-bond acceptors (Lipinski definition) is 1. The van der Waals surface area contributed by atoms with Crippen molar-refractivity contribution in [3.63, 3.8) is 0 Å². The topological polar surface area (TPSA) is 29.1 Å². The molecule has 0 rings (SSSR count). The van der Waals surface area contributed by atoms with E-state index < -0.39 is 0 Å². The molecule has 0 spiro atoms. The normalized spacial score (nSPS) is 12.2. The Hall–Kier alpha value is -0.790. The fourth-order valence-corrected chi connectivity index (χ4v) is 1.04. The van der Waals surface area contributed by atoms with E-state index in [0.29, 0.717) is 0 Å². The van der Waals surface area contributed by atoms with Crippen LogP contribution in [0.25, 0.3) is 0 Å². The van der Waals surface area contributed by atoms with E-state index in [4.69, 9.17) is 0 Å². The molecule has 0 aromatic heterocycles. The molecule has 0 aromatic carbocycles. The molecule has 0 aliphatic carbocycles. The molecule has 0 heterocycles. The summed E-state index contributed by atoms with van der Waals surface area (Å²) in [5, 5.41) is 2.86. The highest BCUT2D eigenvalue weighted by Crippen LogP contribution is 2.03. The van der Waals surface area contributed by atoms with Crippen LogP contribution in [0.5, 0.6) is 0 Å². The van der Waals surface area contributed by atoms with Gasteiger partial charge in [0.1, 0.15) is 0 Å². The van der Waals surface area contributed by atoms with Crippen molar-refractivity contribution in [3.05, 3.63) is 12.7 Å². The van der Waals surface area contributed by atoms with Gasteiger partial charge in [-0.25, -0.2) is 0 Å². The van der Waals surface area contributed by atoms with Crippen LogP contribution in [-0.2, 0) is 4.79 Å². The second kappa shape index (κ2) is 6.89. The van der Waals surface area contributed by atoms with Gasteiger partial charge in [-0.1, -0.05) is 26.3 Å². The fraction of sp³-hybridized carbons (Fsp3) is 0.700. The van der Waals surface area contributed by atoms with Gasteiger partial charge in [-0.2, -0.15) is 0 Å². The van der Waals surface area contributed by atoms with Crippen molar-refractivity contribution < 1.29 is 4.79 Å². The van der Waals surface area contributed by atoms with Gasteiger partial charge in [0.15, 0.2) is 0 Å². The maximum absolute atomic E-state index is 11.3. The summed E-state index contributed by atoms with van der Waals surface area (Å²) < 4.78 is 0. The number of nitrogens with one attached hydrogen (secondary N) is 1. The first-order chi connectivity index (χ1) is 5.72. The van der Waals surface area contributed by atoms with E-state index in [0.717, 1.165) is 25.8 Å². The average Bonchev–Trinajstić information content (AvgIpc) is 2.05. The van der Waals surface area contributed by atoms with E-state index in [9.17, 15) is 4.79 Å².